The highest BCUT2D eigenvalue weighted by atomic mass is 28.4. The number of nitrogens with zero attached hydrogens (tertiary/aromatic N) is 3. The number of carbonyl (C=O) groups excluding carboxylic acids is 3. The summed E-state index contributed by atoms with van der Waals surface area (Å²) in [6, 6.07) is 14.7. The minimum atomic E-state index is -3.46. The van der Waals surface area contributed by atoms with Crippen molar-refractivity contribution >= 4 is 43.2 Å². The van der Waals surface area contributed by atoms with E-state index in [9.17, 15) is 19.5 Å². The molecule has 10 heteroatoms. The number of likely N-dealkylation sites (tertiary alicyclic amines) is 1. The van der Waals surface area contributed by atoms with Crippen LogP contribution in [0.15, 0.2) is 48.5 Å². The summed E-state index contributed by atoms with van der Waals surface area (Å²) in [6.45, 7) is 6.17. The summed E-state index contributed by atoms with van der Waals surface area (Å²) in [5.41, 5.74) is 0.515. The van der Waals surface area contributed by atoms with Crippen LogP contribution in [0.5, 0.6) is 0 Å². The highest BCUT2D eigenvalue weighted by Gasteiger charge is 2.67. The Morgan fingerprint density at radius 2 is 1.83 bits per heavy atom. The van der Waals surface area contributed by atoms with Crippen molar-refractivity contribution < 1.29 is 28.3 Å². The molecule has 0 unspecified atom stereocenters. The molecule has 0 aromatic heterocycles. The molecule has 0 saturated carbocycles. The molecule has 3 fully saturated rings. The Bertz CT molecular complexity index is 1380. The van der Waals surface area contributed by atoms with Crippen LogP contribution in [0, 0.1) is 5.92 Å². The van der Waals surface area contributed by atoms with Crippen LogP contribution in [0.4, 0.5) is 21.2 Å². The predicted octanol–water partition coefficient (Wildman–Crippen LogP) is 5.03. The molecule has 1 spiro atoms. The van der Waals surface area contributed by atoms with Gasteiger partial charge in [-0.1, -0.05) is 25.1 Å². The molecule has 6 rings (SSSR count). The van der Waals surface area contributed by atoms with Gasteiger partial charge in [0, 0.05) is 47.9 Å². The number of hydrogen-bond acceptors (Lipinski definition) is 5. The van der Waals surface area contributed by atoms with Gasteiger partial charge < -0.3 is 23.8 Å². The molecule has 4 aliphatic heterocycles. The van der Waals surface area contributed by atoms with E-state index < -0.39 is 31.6 Å². The van der Waals surface area contributed by atoms with Crippen LogP contribution < -0.4 is 9.80 Å². The normalized spacial score (nSPS) is 29.6. The lowest BCUT2D eigenvalue weighted by molar-refractivity contribution is -0.149. The molecule has 224 valence electrons. The Kier molecular flexibility index (Phi) is 7.51. The van der Waals surface area contributed by atoms with Gasteiger partial charge in [0.1, 0.15) is 0 Å². The fourth-order valence-corrected chi connectivity index (χ4v) is 10.4. The number of amides is 3. The monoisotopic (exact) mass is 593 g/mol. The average Bonchev–Trinajstić information content (AvgIpc) is 3.63. The van der Waals surface area contributed by atoms with Crippen molar-refractivity contribution in [1.29, 1.82) is 0 Å². The molecular weight excluding hydrogens is 553 g/mol. The number of carbonyl (C=O) groups is 3. The minimum absolute atomic E-state index is 0.0441. The lowest BCUT2D eigenvalue weighted by Gasteiger charge is -2.32. The molecule has 2 aromatic carbocycles. The summed E-state index contributed by atoms with van der Waals surface area (Å²) in [5.74, 6) is -0.989. The maximum Gasteiger partial charge on any atom is 0.268 e. The second-order valence-corrected chi connectivity index (χ2v) is 16.5. The summed E-state index contributed by atoms with van der Waals surface area (Å²) < 4.78 is 23.1. The fourth-order valence-electron chi connectivity index (χ4n) is 7.88. The molecule has 0 radical (unpaired) electrons. The van der Waals surface area contributed by atoms with Gasteiger partial charge in [0.05, 0.1) is 30.9 Å². The Balaban J connectivity index is 1.45. The number of anilines is 3. The van der Waals surface area contributed by atoms with E-state index in [-0.39, 0.29) is 36.8 Å². The molecule has 0 aliphatic carbocycles. The van der Waals surface area contributed by atoms with Crippen LogP contribution in [0.25, 0.3) is 0 Å². The summed E-state index contributed by atoms with van der Waals surface area (Å²) in [4.78, 5) is 46.2. The molecule has 4 aliphatic rings. The van der Waals surface area contributed by atoms with E-state index >= 15 is 4.11 Å². The zero-order chi connectivity index (χ0) is 29.8. The van der Waals surface area contributed by atoms with Gasteiger partial charge in [-0.3, -0.25) is 19.3 Å². The van der Waals surface area contributed by atoms with E-state index in [4.69, 9.17) is 4.74 Å². The van der Waals surface area contributed by atoms with Gasteiger partial charge in [-0.05, 0) is 69.1 Å². The first-order valence-corrected chi connectivity index (χ1v) is 18.1. The van der Waals surface area contributed by atoms with Crippen molar-refractivity contribution in [2.75, 3.05) is 29.5 Å². The molecule has 3 saturated heterocycles. The van der Waals surface area contributed by atoms with Gasteiger partial charge >= 0.3 is 0 Å². The fraction of sp³-hybridized carbons (Fsp3) is 0.531. The molecule has 4 heterocycles. The largest absolute Gasteiger partial charge is 0.394 e. The number of piperidine rings is 1. The first-order chi connectivity index (χ1) is 20.1. The second-order valence-electron chi connectivity index (χ2n) is 12.7. The molecule has 1 N–H and O–H groups in total. The first kappa shape index (κ1) is 29.0. The van der Waals surface area contributed by atoms with Crippen LogP contribution in [-0.4, -0.2) is 68.0 Å². The minimum Gasteiger partial charge on any atom is -0.394 e. The number of para-hydroxylation sites is 1. The molecule has 42 heavy (non-hydrogen) atoms. The van der Waals surface area contributed by atoms with Crippen molar-refractivity contribution in [2.45, 2.75) is 81.8 Å². The number of hydrogen-bond donors (Lipinski definition) is 1. The number of benzene rings is 2. The second kappa shape index (κ2) is 10.9. The number of halogens is 1. The van der Waals surface area contributed by atoms with Crippen molar-refractivity contribution in [3.8, 4) is 0 Å². The Morgan fingerprint density at radius 3 is 2.52 bits per heavy atom. The maximum atomic E-state index is 16.3. The van der Waals surface area contributed by atoms with E-state index in [1.807, 2.05) is 55.5 Å². The van der Waals surface area contributed by atoms with Crippen LogP contribution >= 0.6 is 0 Å². The average molecular weight is 594 g/mol. The Morgan fingerprint density at radius 1 is 1.07 bits per heavy atom. The molecular formula is C32H40FN3O5Si. The van der Waals surface area contributed by atoms with Gasteiger partial charge in [0.15, 0.2) is 5.60 Å². The standard InChI is InChI=1S/C32H40FN3O5Si/c1-21-30(42(2,3)33)27(19-29(39)35-17-9-12-24(35)20-37)41-32(21)25-18-23(34-16-8-7-13-28(34)38)14-15-26(25)36(31(32)40)22-10-5-4-6-11-22/h4-6,10-11,14-15,18,21,24,27,30,37H,7-9,12-13,16-17,19-20H2,1-3H3/t21-,24+,27+,30-,32+/m1/s1. The van der Waals surface area contributed by atoms with Gasteiger partial charge in [0.2, 0.25) is 20.2 Å². The van der Waals surface area contributed by atoms with E-state index in [1.165, 1.54) is 0 Å². The lowest BCUT2D eigenvalue weighted by Crippen LogP contribution is -2.44. The van der Waals surface area contributed by atoms with E-state index in [2.05, 4.69) is 0 Å². The van der Waals surface area contributed by atoms with Gasteiger partial charge in [-0.15, -0.1) is 0 Å². The molecule has 8 nitrogen and oxygen atoms in total. The van der Waals surface area contributed by atoms with Crippen molar-refractivity contribution in [3.63, 3.8) is 0 Å². The molecule has 5 atom stereocenters. The van der Waals surface area contributed by atoms with E-state index in [0.29, 0.717) is 42.1 Å². The highest BCUT2D eigenvalue weighted by Crippen LogP contribution is 2.61. The molecule has 2 aromatic rings. The van der Waals surface area contributed by atoms with Crippen LogP contribution in [0.1, 0.15) is 51.0 Å². The maximum absolute atomic E-state index is 16.3. The topological polar surface area (TPSA) is 90.4 Å². The van der Waals surface area contributed by atoms with Crippen LogP contribution in [0.3, 0.4) is 0 Å². The van der Waals surface area contributed by atoms with Crippen molar-refractivity contribution in [2.24, 2.45) is 5.92 Å². The Labute approximate surface area is 247 Å². The van der Waals surface area contributed by atoms with Gasteiger partial charge in [0.25, 0.3) is 5.91 Å². The third kappa shape index (κ3) is 4.58. The number of fused-ring (bicyclic) bond motifs is 2. The third-order valence-corrected chi connectivity index (χ3v) is 12.2. The van der Waals surface area contributed by atoms with Crippen LogP contribution in [0.2, 0.25) is 18.6 Å². The quantitative estimate of drug-likeness (QED) is 0.375. The van der Waals surface area contributed by atoms with Gasteiger partial charge in [-0.25, -0.2) is 0 Å². The summed E-state index contributed by atoms with van der Waals surface area (Å²) >= 11 is 0. The number of aliphatic hydroxyl groups is 1. The zero-order valence-electron chi connectivity index (χ0n) is 24.6. The predicted molar refractivity (Wildman–Crippen MR) is 161 cm³/mol. The van der Waals surface area contributed by atoms with E-state index in [0.717, 1.165) is 25.7 Å². The number of ether oxygens (including phenoxy) is 1. The number of rotatable bonds is 6. The smallest absolute Gasteiger partial charge is 0.268 e. The molecule has 0 bridgehead atoms. The lowest BCUT2D eigenvalue weighted by atomic mass is 9.82. The Hall–Kier alpha value is -3.08. The zero-order valence-corrected chi connectivity index (χ0v) is 25.6. The van der Waals surface area contributed by atoms with E-state index in [1.54, 1.807) is 27.8 Å². The number of aliphatic hydroxyl groups excluding tert-OH is 1. The van der Waals surface area contributed by atoms with Crippen molar-refractivity contribution in [3.05, 3.63) is 54.1 Å². The summed E-state index contributed by atoms with van der Waals surface area (Å²) in [7, 11) is -3.46. The molecule has 3 amide bonds. The third-order valence-electron chi connectivity index (χ3n) is 9.79. The van der Waals surface area contributed by atoms with Crippen LogP contribution in [-0.2, 0) is 24.7 Å². The van der Waals surface area contributed by atoms with Crippen molar-refractivity contribution in [1.82, 2.24) is 4.90 Å². The first-order valence-electron chi connectivity index (χ1n) is 15.2. The summed E-state index contributed by atoms with van der Waals surface area (Å²) in [5, 5.41) is 9.81. The summed E-state index contributed by atoms with van der Waals surface area (Å²) in [6.07, 6.45) is 2.92. The van der Waals surface area contributed by atoms with Gasteiger partial charge in [-0.2, -0.15) is 0 Å². The SMILES string of the molecule is C[C@@H]1[C@@H]([Si](C)(C)F)[C@H](CC(=O)N2CCC[C@H]2CO)O[C@@]12C(=O)N(c1ccccc1)c1ccc(N3CCCCC3=O)cc12. The highest BCUT2D eigenvalue weighted by molar-refractivity contribution is 6.72.